The van der Waals surface area contributed by atoms with E-state index in [-0.39, 0.29) is 18.6 Å². The van der Waals surface area contributed by atoms with Gasteiger partial charge >= 0.3 is 0 Å². The molecule has 0 radical (unpaired) electrons. The van der Waals surface area contributed by atoms with Gasteiger partial charge in [0.1, 0.15) is 12.4 Å². The van der Waals surface area contributed by atoms with Gasteiger partial charge in [-0.1, -0.05) is 11.8 Å². The molecule has 0 saturated carbocycles. The predicted molar refractivity (Wildman–Crippen MR) is 75.7 cm³/mol. The maximum absolute atomic E-state index is 13.7. The molecule has 0 heterocycles. The summed E-state index contributed by atoms with van der Waals surface area (Å²) < 4.78 is 13.7. The molecule has 2 amide bonds. The van der Waals surface area contributed by atoms with Gasteiger partial charge in [0.2, 0.25) is 5.91 Å². The van der Waals surface area contributed by atoms with E-state index < -0.39 is 23.2 Å². The number of nitrogens with one attached hydrogen (secondary N) is 1. The zero-order valence-electron chi connectivity index (χ0n) is 11.9. The number of benzene rings is 1. The summed E-state index contributed by atoms with van der Waals surface area (Å²) in [5.74, 6) is 3.08. The van der Waals surface area contributed by atoms with Crippen molar-refractivity contribution in [3.63, 3.8) is 0 Å². The van der Waals surface area contributed by atoms with E-state index in [4.69, 9.17) is 10.8 Å². The molecule has 4 N–H and O–H groups in total. The molecule has 0 aliphatic heterocycles. The van der Waals surface area contributed by atoms with E-state index in [0.29, 0.717) is 5.56 Å². The molecular formula is C15H17FN2O3. The average Bonchev–Trinajstić information content (AvgIpc) is 2.35. The minimum Gasteiger partial charge on any atom is -0.384 e. The standard InChI is InChI=1S/C15H17FN2O3/c1-15(2,9-13(17)20)18-14(21)11-8-10(4-3-7-19)5-6-12(11)16/h5-6,8,19H,7,9H2,1-2H3,(H2,17,20)(H,18,21). The Morgan fingerprint density at radius 1 is 1.43 bits per heavy atom. The molecule has 1 aromatic rings. The van der Waals surface area contributed by atoms with E-state index in [1.165, 1.54) is 12.1 Å². The number of hydrogen-bond donors (Lipinski definition) is 3. The molecule has 0 bridgehead atoms. The van der Waals surface area contributed by atoms with Gasteiger partial charge in [-0.15, -0.1) is 0 Å². The Kier molecular flexibility index (Phi) is 5.44. The van der Waals surface area contributed by atoms with Crippen molar-refractivity contribution in [3.8, 4) is 11.8 Å². The van der Waals surface area contributed by atoms with E-state index in [1.807, 2.05) is 0 Å². The summed E-state index contributed by atoms with van der Waals surface area (Å²) in [5, 5.41) is 11.2. The smallest absolute Gasteiger partial charge is 0.254 e. The first-order valence-electron chi connectivity index (χ1n) is 6.25. The van der Waals surface area contributed by atoms with Crippen LogP contribution in [0.1, 0.15) is 36.2 Å². The van der Waals surface area contributed by atoms with Crippen molar-refractivity contribution in [3.05, 3.63) is 35.1 Å². The van der Waals surface area contributed by atoms with Crippen molar-refractivity contribution >= 4 is 11.8 Å². The lowest BCUT2D eigenvalue weighted by molar-refractivity contribution is -0.119. The number of primary amides is 1. The maximum Gasteiger partial charge on any atom is 0.254 e. The van der Waals surface area contributed by atoms with Gasteiger partial charge in [0.05, 0.1) is 5.56 Å². The van der Waals surface area contributed by atoms with Gasteiger partial charge in [-0.25, -0.2) is 4.39 Å². The molecule has 1 rings (SSSR count). The van der Waals surface area contributed by atoms with Crippen molar-refractivity contribution in [2.75, 3.05) is 6.61 Å². The second-order valence-corrected chi connectivity index (χ2v) is 5.14. The fourth-order valence-electron chi connectivity index (χ4n) is 1.77. The minimum absolute atomic E-state index is 0.0651. The average molecular weight is 292 g/mol. The van der Waals surface area contributed by atoms with E-state index in [9.17, 15) is 14.0 Å². The van der Waals surface area contributed by atoms with Gasteiger partial charge < -0.3 is 16.2 Å². The molecular weight excluding hydrogens is 275 g/mol. The number of rotatable bonds is 4. The van der Waals surface area contributed by atoms with Crippen molar-refractivity contribution in [2.24, 2.45) is 5.73 Å². The van der Waals surface area contributed by atoms with Crippen LogP contribution in [0.2, 0.25) is 0 Å². The maximum atomic E-state index is 13.7. The summed E-state index contributed by atoms with van der Waals surface area (Å²) in [6, 6.07) is 3.81. The first-order chi connectivity index (χ1) is 9.75. The lowest BCUT2D eigenvalue weighted by Crippen LogP contribution is -2.46. The first kappa shape index (κ1) is 16.7. The van der Waals surface area contributed by atoms with Crippen LogP contribution in [0.3, 0.4) is 0 Å². The number of hydrogen-bond acceptors (Lipinski definition) is 3. The highest BCUT2D eigenvalue weighted by atomic mass is 19.1. The minimum atomic E-state index is -0.887. The van der Waals surface area contributed by atoms with E-state index in [0.717, 1.165) is 6.07 Å². The lowest BCUT2D eigenvalue weighted by Gasteiger charge is -2.24. The molecule has 112 valence electrons. The van der Waals surface area contributed by atoms with Crippen LogP contribution in [0.15, 0.2) is 18.2 Å². The molecule has 0 spiro atoms. The number of halogens is 1. The Balaban J connectivity index is 2.99. The van der Waals surface area contributed by atoms with Gasteiger partial charge in [0, 0.05) is 17.5 Å². The zero-order chi connectivity index (χ0) is 16.0. The molecule has 6 heteroatoms. The van der Waals surface area contributed by atoms with Crippen LogP contribution in [-0.2, 0) is 4.79 Å². The number of carbonyl (C=O) groups excluding carboxylic acids is 2. The van der Waals surface area contributed by atoms with Crippen LogP contribution in [-0.4, -0.2) is 29.1 Å². The summed E-state index contributed by atoms with van der Waals surface area (Å²) in [6.45, 7) is 2.90. The van der Waals surface area contributed by atoms with Crippen LogP contribution in [0, 0.1) is 17.7 Å². The number of aliphatic hydroxyl groups is 1. The van der Waals surface area contributed by atoms with Gasteiger partial charge in [0.15, 0.2) is 0 Å². The number of nitrogens with two attached hydrogens (primary N) is 1. The van der Waals surface area contributed by atoms with Crippen molar-refractivity contribution in [1.82, 2.24) is 5.32 Å². The SMILES string of the molecule is CC(C)(CC(N)=O)NC(=O)c1cc(C#CCO)ccc1F. The second-order valence-electron chi connectivity index (χ2n) is 5.14. The quantitative estimate of drug-likeness (QED) is 0.708. The summed E-state index contributed by atoms with van der Waals surface area (Å²) in [5.41, 5.74) is 4.43. The third-order valence-corrected chi connectivity index (χ3v) is 2.59. The molecule has 5 nitrogen and oxygen atoms in total. The van der Waals surface area contributed by atoms with E-state index in [2.05, 4.69) is 17.2 Å². The molecule has 0 aliphatic rings. The Hall–Kier alpha value is -2.39. The van der Waals surface area contributed by atoms with E-state index in [1.54, 1.807) is 13.8 Å². The molecule has 0 unspecified atom stereocenters. The van der Waals surface area contributed by atoms with Crippen molar-refractivity contribution in [2.45, 2.75) is 25.8 Å². The van der Waals surface area contributed by atoms with Crippen LogP contribution in [0.25, 0.3) is 0 Å². The van der Waals surface area contributed by atoms with Crippen LogP contribution in [0.4, 0.5) is 4.39 Å². The highest BCUT2D eigenvalue weighted by Crippen LogP contribution is 2.14. The third kappa shape index (κ3) is 5.24. The Labute approximate surface area is 122 Å². The Morgan fingerprint density at radius 2 is 2.10 bits per heavy atom. The first-order valence-corrected chi connectivity index (χ1v) is 6.25. The molecule has 0 saturated heterocycles. The van der Waals surface area contributed by atoms with Crippen LogP contribution in [0.5, 0.6) is 0 Å². The van der Waals surface area contributed by atoms with Crippen molar-refractivity contribution in [1.29, 1.82) is 0 Å². The van der Waals surface area contributed by atoms with Gasteiger partial charge in [-0.3, -0.25) is 9.59 Å². The largest absolute Gasteiger partial charge is 0.384 e. The predicted octanol–water partition coefficient (Wildman–Crippen LogP) is 0.553. The van der Waals surface area contributed by atoms with Gasteiger partial charge in [-0.2, -0.15) is 0 Å². The highest BCUT2D eigenvalue weighted by molar-refractivity contribution is 5.95. The van der Waals surface area contributed by atoms with Gasteiger partial charge in [-0.05, 0) is 32.0 Å². The topological polar surface area (TPSA) is 92.4 Å². The fraction of sp³-hybridized carbons (Fsp3) is 0.333. The summed E-state index contributed by atoms with van der Waals surface area (Å²) in [6.07, 6.45) is -0.0651. The number of aliphatic hydroxyl groups excluding tert-OH is 1. The Morgan fingerprint density at radius 3 is 2.67 bits per heavy atom. The van der Waals surface area contributed by atoms with E-state index >= 15 is 0 Å². The zero-order valence-corrected chi connectivity index (χ0v) is 11.9. The number of amides is 2. The molecule has 0 atom stereocenters. The van der Waals surface area contributed by atoms with Crippen LogP contribution < -0.4 is 11.1 Å². The van der Waals surface area contributed by atoms with Crippen molar-refractivity contribution < 1.29 is 19.1 Å². The molecule has 0 fully saturated rings. The molecule has 1 aromatic carbocycles. The lowest BCUT2D eigenvalue weighted by atomic mass is 9.99. The molecule has 21 heavy (non-hydrogen) atoms. The normalized spacial score (nSPS) is 10.5. The molecule has 0 aromatic heterocycles. The third-order valence-electron chi connectivity index (χ3n) is 2.59. The van der Waals surface area contributed by atoms with Crippen LogP contribution >= 0.6 is 0 Å². The fourth-order valence-corrected chi connectivity index (χ4v) is 1.77. The summed E-state index contributed by atoms with van der Waals surface area (Å²) in [4.78, 5) is 23.0. The molecule has 0 aliphatic carbocycles. The second kappa shape index (κ2) is 6.86. The monoisotopic (exact) mass is 292 g/mol. The summed E-state index contributed by atoms with van der Waals surface area (Å²) in [7, 11) is 0. The summed E-state index contributed by atoms with van der Waals surface area (Å²) >= 11 is 0. The number of carbonyl (C=O) groups is 2. The van der Waals surface area contributed by atoms with Gasteiger partial charge in [0.25, 0.3) is 5.91 Å². The Bertz CT molecular complexity index is 615. The highest BCUT2D eigenvalue weighted by Gasteiger charge is 2.24.